The second-order valence-corrected chi connectivity index (χ2v) is 7.10. The van der Waals surface area contributed by atoms with Crippen LogP contribution in [-0.2, 0) is 28.5 Å². The fraction of sp³-hybridized carbons (Fsp3) is 0.684. The Morgan fingerprint density at radius 3 is 1.40 bits per heavy atom. The third kappa shape index (κ3) is 5.68. The minimum absolute atomic E-state index is 0.0328. The molecular formula is C19H30O6. The number of carbonyl (C=O) groups is 2. The molecule has 1 rings (SSSR count). The van der Waals surface area contributed by atoms with Gasteiger partial charge in [-0.1, -0.05) is 27.7 Å². The van der Waals surface area contributed by atoms with Crippen molar-refractivity contribution in [2.75, 3.05) is 14.2 Å². The van der Waals surface area contributed by atoms with Crippen LogP contribution in [0.2, 0.25) is 0 Å². The molecule has 2 atom stereocenters. The van der Waals surface area contributed by atoms with E-state index in [2.05, 4.69) is 0 Å². The van der Waals surface area contributed by atoms with Gasteiger partial charge in [0.1, 0.15) is 12.2 Å². The second kappa shape index (κ2) is 8.63. The van der Waals surface area contributed by atoms with Gasteiger partial charge in [-0.3, -0.25) is 0 Å². The van der Waals surface area contributed by atoms with Crippen LogP contribution < -0.4 is 0 Å². The predicted octanol–water partition coefficient (Wildman–Crippen LogP) is 3.02. The van der Waals surface area contributed by atoms with Crippen LogP contribution in [-0.4, -0.2) is 44.2 Å². The summed E-state index contributed by atoms with van der Waals surface area (Å²) in [7, 11) is 2.69. The molecule has 0 N–H and O–H groups in total. The summed E-state index contributed by atoms with van der Waals surface area (Å²) in [4.78, 5) is 24.0. The van der Waals surface area contributed by atoms with Crippen molar-refractivity contribution in [2.45, 2.75) is 59.5 Å². The van der Waals surface area contributed by atoms with Crippen LogP contribution in [0.15, 0.2) is 23.3 Å². The number of hydrogen-bond donors (Lipinski definition) is 0. The summed E-state index contributed by atoms with van der Waals surface area (Å²) in [5.74, 6) is -1.70. The van der Waals surface area contributed by atoms with E-state index in [0.717, 1.165) is 0 Å². The minimum Gasteiger partial charge on any atom is -0.466 e. The van der Waals surface area contributed by atoms with Gasteiger partial charge in [-0.15, -0.1) is 0 Å². The fourth-order valence-corrected chi connectivity index (χ4v) is 2.66. The van der Waals surface area contributed by atoms with Crippen molar-refractivity contribution < 1.29 is 28.5 Å². The van der Waals surface area contributed by atoms with Crippen molar-refractivity contribution in [3.8, 4) is 0 Å². The quantitative estimate of drug-likeness (QED) is 0.539. The number of methoxy groups -OCH3 is 2. The van der Waals surface area contributed by atoms with Crippen molar-refractivity contribution in [3.63, 3.8) is 0 Å². The van der Waals surface area contributed by atoms with Gasteiger partial charge in [-0.05, 0) is 37.8 Å². The lowest BCUT2D eigenvalue weighted by Crippen LogP contribution is -2.24. The SMILES string of the molecule is COC(=O)/C(=C/[C@@H]1OC(C)(C)O[C@H]1/C=C(/C(=O)OC)C(C)C)C(C)C. The minimum atomic E-state index is -0.835. The molecule has 0 aromatic heterocycles. The molecule has 1 aliphatic rings. The van der Waals surface area contributed by atoms with Crippen LogP contribution in [0, 0.1) is 11.8 Å². The molecule has 25 heavy (non-hydrogen) atoms. The molecule has 1 saturated heterocycles. The highest BCUT2D eigenvalue weighted by molar-refractivity contribution is 5.89. The maximum absolute atomic E-state index is 12.0. The van der Waals surface area contributed by atoms with Gasteiger partial charge in [0.25, 0.3) is 0 Å². The zero-order chi connectivity index (χ0) is 19.4. The predicted molar refractivity (Wildman–Crippen MR) is 93.7 cm³/mol. The van der Waals surface area contributed by atoms with E-state index in [9.17, 15) is 9.59 Å². The molecule has 1 heterocycles. The zero-order valence-electron chi connectivity index (χ0n) is 16.4. The topological polar surface area (TPSA) is 71.1 Å². The van der Waals surface area contributed by atoms with Crippen LogP contribution in [0.5, 0.6) is 0 Å². The molecule has 1 aliphatic heterocycles. The summed E-state index contributed by atoms with van der Waals surface area (Å²) < 4.78 is 21.6. The Balaban J connectivity index is 3.27. The van der Waals surface area contributed by atoms with Crippen LogP contribution in [0.3, 0.4) is 0 Å². The standard InChI is InChI=1S/C19H30O6/c1-11(2)13(17(20)22-7)9-15-16(25-19(5,6)24-15)10-14(12(3)4)18(21)23-8/h9-12,15-16H,1-8H3/b13-9+,14-10+/t15-,16-/m0/s1. The molecule has 142 valence electrons. The number of carbonyl (C=O) groups excluding carboxylic acids is 2. The van der Waals surface area contributed by atoms with Gasteiger partial charge >= 0.3 is 11.9 Å². The van der Waals surface area contributed by atoms with E-state index in [-0.39, 0.29) is 11.8 Å². The first-order valence-corrected chi connectivity index (χ1v) is 8.48. The summed E-state index contributed by atoms with van der Waals surface area (Å²) in [6.07, 6.45) is 2.43. The van der Waals surface area contributed by atoms with Gasteiger partial charge in [0.15, 0.2) is 5.79 Å². The Kier molecular flexibility index (Phi) is 7.38. The Morgan fingerprint density at radius 2 is 1.16 bits per heavy atom. The number of rotatable bonds is 6. The van der Waals surface area contributed by atoms with Gasteiger partial charge in [-0.2, -0.15) is 0 Å². The lowest BCUT2D eigenvalue weighted by atomic mass is 9.97. The average Bonchev–Trinajstić information content (AvgIpc) is 2.81. The van der Waals surface area contributed by atoms with Crippen molar-refractivity contribution in [1.82, 2.24) is 0 Å². The molecule has 0 unspecified atom stereocenters. The third-order valence-electron chi connectivity index (χ3n) is 3.94. The Labute approximate surface area is 150 Å². The molecule has 0 amide bonds. The lowest BCUT2D eigenvalue weighted by Gasteiger charge is -2.16. The van der Waals surface area contributed by atoms with E-state index in [0.29, 0.717) is 11.1 Å². The number of hydrogen-bond acceptors (Lipinski definition) is 6. The highest BCUT2D eigenvalue weighted by atomic mass is 16.7. The van der Waals surface area contributed by atoms with Gasteiger partial charge in [0.05, 0.1) is 14.2 Å². The molecule has 0 radical (unpaired) electrons. The van der Waals surface area contributed by atoms with Crippen molar-refractivity contribution >= 4 is 11.9 Å². The van der Waals surface area contributed by atoms with Crippen LogP contribution in [0.1, 0.15) is 41.5 Å². The van der Waals surface area contributed by atoms with Crippen molar-refractivity contribution in [1.29, 1.82) is 0 Å². The highest BCUT2D eigenvalue weighted by Crippen LogP contribution is 2.32. The van der Waals surface area contributed by atoms with E-state index in [1.165, 1.54) is 14.2 Å². The van der Waals surface area contributed by atoms with E-state index in [1.54, 1.807) is 26.0 Å². The summed E-state index contributed by atoms with van der Waals surface area (Å²) in [6.45, 7) is 11.2. The highest BCUT2D eigenvalue weighted by Gasteiger charge is 2.40. The maximum atomic E-state index is 12.0. The summed E-state index contributed by atoms with van der Waals surface area (Å²) >= 11 is 0. The molecule has 0 spiro atoms. The van der Waals surface area contributed by atoms with Gasteiger partial charge < -0.3 is 18.9 Å². The molecule has 0 bridgehead atoms. The van der Waals surface area contributed by atoms with Crippen molar-refractivity contribution in [2.24, 2.45) is 11.8 Å². The van der Waals surface area contributed by atoms with E-state index < -0.39 is 29.9 Å². The average molecular weight is 354 g/mol. The van der Waals surface area contributed by atoms with E-state index >= 15 is 0 Å². The molecular weight excluding hydrogens is 324 g/mol. The molecule has 0 aromatic carbocycles. The number of ether oxygens (including phenoxy) is 4. The van der Waals surface area contributed by atoms with Gasteiger partial charge in [0.2, 0.25) is 0 Å². The normalized spacial score (nSPS) is 23.9. The molecule has 0 aliphatic carbocycles. The fourth-order valence-electron chi connectivity index (χ4n) is 2.66. The van der Waals surface area contributed by atoms with Crippen LogP contribution >= 0.6 is 0 Å². The van der Waals surface area contributed by atoms with E-state index in [4.69, 9.17) is 18.9 Å². The monoisotopic (exact) mass is 354 g/mol. The Morgan fingerprint density at radius 1 is 0.840 bits per heavy atom. The summed E-state index contributed by atoms with van der Waals surface area (Å²) in [6, 6.07) is 0. The van der Waals surface area contributed by atoms with Gasteiger partial charge in [0, 0.05) is 11.1 Å². The second-order valence-electron chi connectivity index (χ2n) is 7.10. The largest absolute Gasteiger partial charge is 0.466 e. The first kappa shape index (κ1) is 21.4. The lowest BCUT2D eigenvalue weighted by molar-refractivity contribution is -0.141. The zero-order valence-corrected chi connectivity index (χ0v) is 16.4. The Bertz CT molecular complexity index is 508. The molecule has 1 fully saturated rings. The first-order chi connectivity index (χ1) is 11.5. The Hall–Kier alpha value is -1.66. The molecule has 6 heteroatoms. The number of esters is 2. The smallest absolute Gasteiger partial charge is 0.333 e. The summed E-state index contributed by atoms with van der Waals surface area (Å²) in [5, 5.41) is 0. The molecule has 0 saturated carbocycles. The van der Waals surface area contributed by atoms with E-state index in [1.807, 2.05) is 27.7 Å². The molecule has 6 nitrogen and oxygen atoms in total. The van der Waals surface area contributed by atoms with Gasteiger partial charge in [-0.25, -0.2) is 9.59 Å². The van der Waals surface area contributed by atoms with Crippen LogP contribution in [0.4, 0.5) is 0 Å². The summed E-state index contributed by atoms with van der Waals surface area (Å²) in [5.41, 5.74) is 1.02. The first-order valence-electron chi connectivity index (χ1n) is 8.48. The van der Waals surface area contributed by atoms with Crippen molar-refractivity contribution in [3.05, 3.63) is 23.3 Å². The maximum Gasteiger partial charge on any atom is 0.333 e. The molecule has 0 aromatic rings. The van der Waals surface area contributed by atoms with Crippen LogP contribution in [0.25, 0.3) is 0 Å². The third-order valence-corrected chi connectivity index (χ3v) is 3.94.